The minimum Gasteiger partial charge on any atom is -0.338 e. The Bertz CT molecular complexity index is 453. The van der Waals surface area contributed by atoms with Crippen LogP contribution in [0.15, 0.2) is 34.9 Å². The van der Waals surface area contributed by atoms with Gasteiger partial charge in [-0.1, -0.05) is 42.4 Å². The van der Waals surface area contributed by atoms with Gasteiger partial charge >= 0.3 is 0 Å². The molecule has 4 heteroatoms. The summed E-state index contributed by atoms with van der Waals surface area (Å²) in [6, 6.07) is 9.85. The highest BCUT2D eigenvalue weighted by molar-refractivity contribution is 5.16. The molecule has 2 aromatic rings. The minimum absolute atomic E-state index is 0.226. The van der Waals surface area contributed by atoms with Gasteiger partial charge in [0, 0.05) is 6.42 Å². The lowest BCUT2D eigenvalue weighted by atomic mass is 10.1. The topological polar surface area (TPSA) is 64.9 Å². The highest BCUT2D eigenvalue weighted by atomic mass is 16.5. The fourth-order valence-corrected chi connectivity index (χ4v) is 1.70. The number of hydrogen-bond donors (Lipinski definition) is 1. The fraction of sp³-hybridized carbons (Fsp3) is 0.385. The highest BCUT2D eigenvalue weighted by Crippen LogP contribution is 2.14. The molecular weight excluding hydrogens is 214 g/mol. The molecule has 90 valence electrons. The second-order valence-electron chi connectivity index (χ2n) is 4.10. The first-order valence-electron chi connectivity index (χ1n) is 5.91. The molecule has 2 rings (SSSR count). The predicted molar refractivity (Wildman–Crippen MR) is 65.4 cm³/mol. The second kappa shape index (κ2) is 5.59. The summed E-state index contributed by atoms with van der Waals surface area (Å²) < 4.78 is 5.17. The Labute approximate surface area is 101 Å². The summed E-state index contributed by atoms with van der Waals surface area (Å²) in [4.78, 5) is 4.29. The van der Waals surface area contributed by atoms with Gasteiger partial charge in [0.2, 0.25) is 5.89 Å². The molecule has 1 aromatic carbocycles. The first-order valence-corrected chi connectivity index (χ1v) is 5.91. The first-order chi connectivity index (χ1) is 8.29. The summed E-state index contributed by atoms with van der Waals surface area (Å²) in [5, 5.41) is 3.90. The van der Waals surface area contributed by atoms with Gasteiger partial charge in [-0.15, -0.1) is 0 Å². The SMILES string of the molecule is CCCc1noc(C(N)Cc2ccccc2)n1. The predicted octanol–water partition coefficient (Wildman–Crippen LogP) is 2.26. The average molecular weight is 231 g/mol. The van der Waals surface area contributed by atoms with Crippen LogP contribution in [0.3, 0.4) is 0 Å². The molecule has 0 amide bonds. The van der Waals surface area contributed by atoms with Gasteiger partial charge in [-0.05, 0) is 18.4 Å². The van der Waals surface area contributed by atoms with E-state index in [1.54, 1.807) is 0 Å². The number of benzene rings is 1. The monoisotopic (exact) mass is 231 g/mol. The Morgan fingerprint density at radius 1 is 1.29 bits per heavy atom. The third-order valence-corrected chi connectivity index (χ3v) is 2.57. The zero-order valence-electron chi connectivity index (χ0n) is 9.97. The maximum Gasteiger partial charge on any atom is 0.243 e. The van der Waals surface area contributed by atoms with Crippen molar-refractivity contribution in [2.24, 2.45) is 5.73 Å². The van der Waals surface area contributed by atoms with Crippen LogP contribution < -0.4 is 5.73 Å². The van der Waals surface area contributed by atoms with E-state index in [1.165, 1.54) is 5.56 Å². The van der Waals surface area contributed by atoms with Gasteiger partial charge in [0.05, 0.1) is 6.04 Å². The van der Waals surface area contributed by atoms with Crippen molar-refractivity contribution < 1.29 is 4.52 Å². The number of rotatable bonds is 5. The van der Waals surface area contributed by atoms with Crippen LogP contribution in [0, 0.1) is 0 Å². The lowest BCUT2D eigenvalue weighted by molar-refractivity contribution is 0.350. The van der Waals surface area contributed by atoms with Crippen LogP contribution in [-0.4, -0.2) is 10.1 Å². The summed E-state index contributed by atoms with van der Waals surface area (Å²) >= 11 is 0. The van der Waals surface area contributed by atoms with Crippen molar-refractivity contribution in [3.8, 4) is 0 Å². The summed E-state index contributed by atoms with van der Waals surface area (Å²) in [5.74, 6) is 1.27. The second-order valence-corrected chi connectivity index (χ2v) is 4.10. The van der Waals surface area contributed by atoms with Gasteiger partial charge in [-0.3, -0.25) is 0 Å². The molecule has 1 heterocycles. The van der Waals surface area contributed by atoms with Crippen molar-refractivity contribution in [1.29, 1.82) is 0 Å². The van der Waals surface area contributed by atoms with Crippen molar-refractivity contribution in [1.82, 2.24) is 10.1 Å². The average Bonchev–Trinajstić information content (AvgIpc) is 2.79. The molecule has 0 saturated carbocycles. The van der Waals surface area contributed by atoms with Crippen molar-refractivity contribution >= 4 is 0 Å². The quantitative estimate of drug-likeness (QED) is 0.857. The zero-order valence-corrected chi connectivity index (χ0v) is 9.97. The smallest absolute Gasteiger partial charge is 0.243 e. The molecule has 0 bridgehead atoms. The minimum atomic E-state index is -0.226. The Morgan fingerprint density at radius 2 is 2.06 bits per heavy atom. The molecule has 2 N–H and O–H groups in total. The summed E-state index contributed by atoms with van der Waals surface area (Å²) in [6.07, 6.45) is 2.56. The molecule has 0 saturated heterocycles. The lowest BCUT2D eigenvalue weighted by Gasteiger charge is -2.05. The van der Waals surface area contributed by atoms with Crippen LogP contribution in [0.25, 0.3) is 0 Å². The largest absolute Gasteiger partial charge is 0.338 e. The van der Waals surface area contributed by atoms with E-state index in [4.69, 9.17) is 10.3 Å². The van der Waals surface area contributed by atoms with Crippen LogP contribution in [-0.2, 0) is 12.8 Å². The lowest BCUT2D eigenvalue weighted by Crippen LogP contribution is -2.13. The van der Waals surface area contributed by atoms with E-state index in [1.807, 2.05) is 30.3 Å². The van der Waals surface area contributed by atoms with Crippen molar-refractivity contribution in [3.63, 3.8) is 0 Å². The van der Waals surface area contributed by atoms with E-state index in [0.29, 0.717) is 12.3 Å². The first kappa shape index (κ1) is 11.8. The van der Waals surface area contributed by atoms with E-state index in [-0.39, 0.29) is 6.04 Å². The molecule has 4 nitrogen and oxygen atoms in total. The van der Waals surface area contributed by atoms with Gasteiger partial charge in [0.15, 0.2) is 5.82 Å². The molecule has 0 aliphatic rings. The molecular formula is C13H17N3O. The third-order valence-electron chi connectivity index (χ3n) is 2.57. The Kier molecular flexibility index (Phi) is 3.88. The fourth-order valence-electron chi connectivity index (χ4n) is 1.70. The van der Waals surface area contributed by atoms with E-state index in [2.05, 4.69) is 17.1 Å². The van der Waals surface area contributed by atoms with Gasteiger partial charge in [-0.25, -0.2) is 0 Å². The number of aromatic nitrogens is 2. The van der Waals surface area contributed by atoms with Gasteiger partial charge in [0.25, 0.3) is 0 Å². The number of hydrogen-bond acceptors (Lipinski definition) is 4. The zero-order chi connectivity index (χ0) is 12.1. The van der Waals surface area contributed by atoms with E-state index < -0.39 is 0 Å². The van der Waals surface area contributed by atoms with Crippen LogP contribution in [0.4, 0.5) is 0 Å². The van der Waals surface area contributed by atoms with Crippen LogP contribution >= 0.6 is 0 Å². The summed E-state index contributed by atoms with van der Waals surface area (Å²) in [7, 11) is 0. The molecule has 0 fully saturated rings. The Hall–Kier alpha value is -1.68. The van der Waals surface area contributed by atoms with Crippen molar-refractivity contribution in [2.45, 2.75) is 32.2 Å². The molecule has 17 heavy (non-hydrogen) atoms. The number of nitrogens with two attached hydrogens (primary N) is 1. The van der Waals surface area contributed by atoms with Crippen LogP contribution in [0.2, 0.25) is 0 Å². The Balaban J connectivity index is 2.01. The van der Waals surface area contributed by atoms with Crippen molar-refractivity contribution in [3.05, 3.63) is 47.6 Å². The highest BCUT2D eigenvalue weighted by Gasteiger charge is 2.14. The molecule has 1 atom stereocenters. The number of nitrogens with zero attached hydrogens (tertiary/aromatic N) is 2. The van der Waals surface area contributed by atoms with Crippen molar-refractivity contribution in [2.75, 3.05) is 0 Å². The van der Waals surface area contributed by atoms with E-state index in [9.17, 15) is 0 Å². The van der Waals surface area contributed by atoms with Crippen LogP contribution in [0.5, 0.6) is 0 Å². The number of aryl methyl sites for hydroxylation is 1. The Morgan fingerprint density at radius 3 is 2.76 bits per heavy atom. The van der Waals surface area contributed by atoms with E-state index >= 15 is 0 Å². The van der Waals surface area contributed by atoms with Crippen LogP contribution in [0.1, 0.15) is 36.7 Å². The standard InChI is InChI=1S/C13H17N3O/c1-2-6-12-15-13(17-16-12)11(14)9-10-7-4-3-5-8-10/h3-5,7-8,11H,2,6,9,14H2,1H3. The summed E-state index contributed by atoms with van der Waals surface area (Å²) in [5.41, 5.74) is 7.22. The van der Waals surface area contributed by atoms with Gasteiger partial charge in [-0.2, -0.15) is 4.98 Å². The van der Waals surface area contributed by atoms with E-state index in [0.717, 1.165) is 18.7 Å². The molecule has 1 unspecified atom stereocenters. The van der Waals surface area contributed by atoms with Gasteiger partial charge < -0.3 is 10.3 Å². The normalized spacial score (nSPS) is 12.6. The maximum absolute atomic E-state index is 6.04. The maximum atomic E-state index is 6.04. The summed E-state index contributed by atoms with van der Waals surface area (Å²) in [6.45, 7) is 2.08. The molecule has 1 aromatic heterocycles. The molecule has 0 spiro atoms. The molecule has 0 radical (unpaired) electrons. The molecule has 0 aliphatic heterocycles. The third kappa shape index (κ3) is 3.14. The molecule has 0 aliphatic carbocycles. The van der Waals surface area contributed by atoms with Gasteiger partial charge in [0.1, 0.15) is 0 Å².